The maximum Gasteiger partial charge on any atom is 0.136 e. The summed E-state index contributed by atoms with van der Waals surface area (Å²) >= 11 is 0. The fourth-order valence-electron chi connectivity index (χ4n) is 2.52. The zero-order valence-corrected chi connectivity index (χ0v) is 8.43. The molecule has 2 aliphatic heterocycles. The molecule has 15 heavy (non-hydrogen) atoms. The van der Waals surface area contributed by atoms with Crippen LogP contribution in [0.25, 0.3) is 0 Å². The number of ketones is 1. The summed E-state index contributed by atoms with van der Waals surface area (Å²) in [6.07, 6.45) is 7.19. The van der Waals surface area contributed by atoms with Gasteiger partial charge in [-0.15, -0.1) is 0 Å². The molecule has 1 saturated heterocycles. The fraction of sp³-hybridized carbons (Fsp3) is 0.417. The molecular weight excluding hydrogens is 190 g/mol. The monoisotopic (exact) mass is 203 g/mol. The number of carbonyl (C=O) groups excluding carboxylic acids is 1. The summed E-state index contributed by atoms with van der Waals surface area (Å²) in [7, 11) is 0. The Morgan fingerprint density at radius 3 is 3.13 bits per heavy atom. The second-order valence-corrected chi connectivity index (χ2v) is 4.17. The number of carbonyl (C=O) groups is 1. The minimum absolute atomic E-state index is 0.140. The molecule has 0 N–H and O–H groups in total. The largest absolute Gasteiger partial charge is 0.468 e. The number of Topliss-reactive ketones (excluding diaryl/α,β-unsaturated/α-hetero) is 1. The van der Waals surface area contributed by atoms with E-state index >= 15 is 0 Å². The van der Waals surface area contributed by atoms with E-state index in [2.05, 4.69) is 17.1 Å². The van der Waals surface area contributed by atoms with Gasteiger partial charge in [0.05, 0.1) is 12.3 Å². The lowest BCUT2D eigenvalue weighted by atomic mass is 9.94. The molecule has 0 radical (unpaired) electrons. The minimum atomic E-state index is 0.140. The van der Waals surface area contributed by atoms with Crippen LogP contribution in [0.4, 0.5) is 0 Å². The van der Waals surface area contributed by atoms with Crippen LogP contribution in [0, 0.1) is 0 Å². The first-order valence-electron chi connectivity index (χ1n) is 5.32. The second kappa shape index (κ2) is 3.35. The molecule has 3 heteroatoms. The van der Waals surface area contributed by atoms with E-state index in [1.165, 1.54) is 0 Å². The van der Waals surface area contributed by atoms with Crippen LogP contribution >= 0.6 is 0 Å². The zero-order valence-electron chi connectivity index (χ0n) is 8.43. The van der Waals surface area contributed by atoms with E-state index in [1.54, 1.807) is 6.26 Å². The van der Waals surface area contributed by atoms with Crippen molar-refractivity contribution in [3.8, 4) is 0 Å². The fourth-order valence-corrected chi connectivity index (χ4v) is 2.52. The number of piperidine rings is 1. The zero-order chi connectivity index (χ0) is 10.3. The van der Waals surface area contributed by atoms with E-state index in [1.807, 2.05) is 12.1 Å². The van der Waals surface area contributed by atoms with Gasteiger partial charge >= 0.3 is 0 Å². The van der Waals surface area contributed by atoms with Crippen LogP contribution in [0.1, 0.15) is 24.6 Å². The molecule has 0 bridgehead atoms. The van der Waals surface area contributed by atoms with Crippen LogP contribution in [0.2, 0.25) is 0 Å². The van der Waals surface area contributed by atoms with Gasteiger partial charge in [0.15, 0.2) is 0 Å². The molecule has 1 fully saturated rings. The van der Waals surface area contributed by atoms with Gasteiger partial charge in [0.2, 0.25) is 0 Å². The van der Waals surface area contributed by atoms with Crippen molar-refractivity contribution in [1.82, 2.24) is 4.90 Å². The first kappa shape index (κ1) is 8.92. The van der Waals surface area contributed by atoms with Crippen molar-refractivity contribution in [2.24, 2.45) is 0 Å². The summed E-state index contributed by atoms with van der Waals surface area (Å²) in [5.41, 5.74) is 0. The van der Waals surface area contributed by atoms with Gasteiger partial charge in [-0.25, -0.2) is 0 Å². The lowest BCUT2D eigenvalue weighted by Crippen LogP contribution is -2.41. The van der Waals surface area contributed by atoms with Crippen molar-refractivity contribution in [3.05, 3.63) is 36.3 Å². The molecule has 2 atom stereocenters. The Kier molecular flexibility index (Phi) is 1.99. The molecule has 2 aliphatic rings. The molecule has 0 aromatic carbocycles. The van der Waals surface area contributed by atoms with Crippen LogP contribution in [0.15, 0.2) is 35.0 Å². The van der Waals surface area contributed by atoms with Gasteiger partial charge in [-0.05, 0) is 12.1 Å². The number of hydrogen-bond donors (Lipinski definition) is 0. The Hall–Kier alpha value is -1.35. The summed E-state index contributed by atoms with van der Waals surface area (Å²) in [6, 6.07) is 4.27. The Morgan fingerprint density at radius 2 is 2.33 bits per heavy atom. The number of fused-ring (bicyclic) bond motifs is 1. The molecule has 3 rings (SSSR count). The van der Waals surface area contributed by atoms with Gasteiger partial charge in [-0.3, -0.25) is 9.69 Å². The summed E-state index contributed by atoms with van der Waals surface area (Å²) in [5.74, 6) is 1.25. The van der Waals surface area contributed by atoms with Crippen molar-refractivity contribution >= 4 is 5.78 Å². The molecule has 0 aliphatic carbocycles. The van der Waals surface area contributed by atoms with Gasteiger partial charge in [0, 0.05) is 25.4 Å². The Morgan fingerprint density at radius 1 is 1.40 bits per heavy atom. The minimum Gasteiger partial charge on any atom is -0.468 e. The highest BCUT2D eigenvalue weighted by molar-refractivity contribution is 5.81. The van der Waals surface area contributed by atoms with E-state index in [4.69, 9.17) is 4.42 Å². The molecule has 0 spiro atoms. The molecule has 0 saturated carbocycles. The molecule has 3 nitrogen and oxygen atoms in total. The number of hydrogen-bond acceptors (Lipinski definition) is 3. The number of rotatable bonds is 1. The molecule has 0 unspecified atom stereocenters. The van der Waals surface area contributed by atoms with Crippen LogP contribution in [-0.4, -0.2) is 23.3 Å². The summed E-state index contributed by atoms with van der Waals surface area (Å²) in [6.45, 7) is 0.934. The third-order valence-electron chi connectivity index (χ3n) is 3.23. The molecule has 1 aromatic rings. The maximum absolute atomic E-state index is 11.6. The van der Waals surface area contributed by atoms with Crippen molar-refractivity contribution in [1.29, 1.82) is 0 Å². The van der Waals surface area contributed by atoms with Crippen LogP contribution < -0.4 is 0 Å². The summed E-state index contributed by atoms with van der Waals surface area (Å²) < 4.78 is 5.41. The Bertz CT molecular complexity index is 394. The van der Waals surface area contributed by atoms with E-state index in [0.717, 1.165) is 12.3 Å². The quantitative estimate of drug-likeness (QED) is 0.654. The van der Waals surface area contributed by atoms with Crippen molar-refractivity contribution in [3.63, 3.8) is 0 Å². The predicted octanol–water partition coefficient (Wildman–Crippen LogP) is 1.92. The van der Waals surface area contributed by atoms with E-state index in [0.29, 0.717) is 24.7 Å². The normalized spacial score (nSPS) is 30.8. The van der Waals surface area contributed by atoms with Gasteiger partial charge in [-0.1, -0.05) is 12.2 Å². The van der Waals surface area contributed by atoms with Gasteiger partial charge < -0.3 is 4.42 Å². The van der Waals surface area contributed by atoms with Crippen LogP contribution in [0.3, 0.4) is 0 Å². The maximum atomic E-state index is 11.6. The highest BCUT2D eigenvalue weighted by Crippen LogP contribution is 2.35. The first-order chi connectivity index (χ1) is 7.34. The SMILES string of the molecule is O=C1C[C@H](c2ccco2)N2CC=C[C@H]2C1. The Balaban J connectivity index is 1.91. The summed E-state index contributed by atoms with van der Waals surface area (Å²) in [4.78, 5) is 13.9. The third kappa shape index (κ3) is 1.43. The van der Waals surface area contributed by atoms with Gasteiger partial charge in [0.25, 0.3) is 0 Å². The predicted molar refractivity (Wildman–Crippen MR) is 55.3 cm³/mol. The van der Waals surface area contributed by atoms with Gasteiger partial charge in [-0.2, -0.15) is 0 Å². The van der Waals surface area contributed by atoms with Crippen molar-refractivity contribution in [2.75, 3.05) is 6.54 Å². The summed E-state index contributed by atoms with van der Waals surface area (Å²) in [5, 5.41) is 0. The average Bonchev–Trinajstić information content (AvgIpc) is 2.86. The van der Waals surface area contributed by atoms with Crippen molar-refractivity contribution < 1.29 is 9.21 Å². The number of nitrogens with zero attached hydrogens (tertiary/aromatic N) is 1. The van der Waals surface area contributed by atoms with E-state index in [9.17, 15) is 4.79 Å². The lowest BCUT2D eigenvalue weighted by Gasteiger charge is -2.35. The average molecular weight is 203 g/mol. The third-order valence-corrected chi connectivity index (χ3v) is 3.23. The Labute approximate surface area is 88.4 Å². The smallest absolute Gasteiger partial charge is 0.136 e. The lowest BCUT2D eigenvalue weighted by molar-refractivity contribution is -0.124. The molecule has 1 aromatic heterocycles. The molecule has 78 valence electrons. The van der Waals surface area contributed by atoms with E-state index in [-0.39, 0.29) is 6.04 Å². The van der Waals surface area contributed by atoms with Crippen LogP contribution in [-0.2, 0) is 4.79 Å². The van der Waals surface area contributed by atoms with Crippen molar-refractivity contribution in [2.45, 2.75) is 24.9 Å². The highest BCUT2D eigenvalue weighted by atomic mass is 16.3. The number of furan rings is 1. The molecule has 0 amide bonds. The second-order valence-electron chi connectivity index (χ2n) is 4.17. The van der Waals surface area contributed by atoms with Crippen LogP contribution in [0.5, 0.6) is 0 Å². The molecular formula is C12H13NO2. The van der Waals surface area contributed by atoms with Gasteiger partial charge in [0.1, 0.15) is 11.5 Å². The highest BCUT2D eigenvalue weighted by Gasteiger charge is 2.36. The topological polar surface area (TPSA) is 33.5 Å². The molecule has 3 heterocycles. The first-order valence-corrected chi connectivity index (χ1v) is 5.32. The standard InChI is InChI=1S/C12H13NO2/c14-10-7-9-3-1-5-13(9)11(8-10)12-4-2-6-15-12/h1-4,6,9,11H,5,7-8H2/t9-,11+/m0/s1. The van der Waals surface area contributed by atoms with E-state index < -0.39 is 0 Å².